The van der Waals surface area contributed by atoms with Crippen molar-refractivity contribution in [1.82, 2.24) is 9.61 Å². The normalized spacial score (nSPS) is 11.5. The van der Waals surface area contributed by atoms with Crippen molar-refractivity contribution in [3.8, 4) is 17.3 Å². The summed E-state index contributed by atoms with van der Waals surface area (Å²) in [4.78, 5) is 0. The Morgan fingerprint density at radius 1 is 1.05 bits per heavy atom. The number of pyridine rings is 1. The average Bonchev–Trinajstić information content (AvgIpc) is 2.89. The van der Waals surface area contributed by atoms with Gasteiger partial charge < -0.3 is 0 Å². The fourth-order valence-electron chi connectivity index (χ4n) is 2.03. The van der Waals surface area contributed by atoms with Crippen molar-refractivity contribution in [2.24, 2.45) is 0 Å². The van der Waals surface area contributed by atoms with Gasteiger partial charge >= 0.3 is 6.18 Å². The molecule has 3 rings (SSSR count). The summed E-state index contributed by atoms with van der Waals surface area (Å²) in [7, 11) is 0. The first-order valence-electron chi connectivity index (χ1n) is 6.04. The lowest BCUT2D eigenvalue weighted by atomic mass is 10.1. The molecule has 0 atom stereocenters. The minimum Gasteiger partial charge on any atom is -0.240 e. The van der Waals surface area contributed by atoms with Crippen LogP contribution < -0.4 is 0 Å². The smallest absolute Gasteiger partial charge is 0.240 e. The number of hydrogen-bond acceptors (Lipinski definition) is 2. The Bertz CT molecular complexity index is 839. The summed E-state index contributed by atoms with van der Waals surface area (Å²) in [5, 5.41) is 13.0. The molecule has 0 aliphatic rings. The number of hydrogen-bond donors (Lipinski definition) is 0. The maximum absolute atomic E-state index is 12.7. The minimum absolute atomic E-state index is 0.365. The minimum atomic E-state index is -4.37. The third kappa shape index (κ3) is 2.46. The second kappa shape index (κ2) is 4.63. The van der Waals surface area contributed by atoms with Crippen molar-refractivity contribution in [3.63, 3.8) is 0 Å². The molecule has 0 amide bonds. The first kappa shape index (κ1) is 13.2. The number of aromatic nitrogens is 2. The summed E-state index contributed by atoms with van der Waals surface area (Å²) in [5.74, 6) is 0. The third-order valence-corrected chi connectivity index (χ3v) is 3.10. The van der Waals surface area contributed by atoms with Gasteiger partial charge in [-0.25, -0.2) is 4.52 Å². The molecule has 2 aromatic heterocycles. The predicted molar refractivity (Wildman–Crippen MR) is 70.3 cm³/mol. The average molecular weight is 287 g/mol. The van der Waals surface area contributed by atoms with Gasteiger partial charge in [-0.2, -0.15) is 23.5 Å². The van der Waals surface area contributed by atoms with Crippen molar-refractivity contribution in [2.75, 3.05) is 0 Å². The number of fused-ring (bicyclic) bond motifs is 1. The first-order chi connectivity index (χ1) is 9.97. The lowest BCUT2D eigenvalue weighted by Gasteiger charge is -2.05. The highest BCUT2D eigenvalue weighted by Gasteiger charge is 2.30. The van der Waals surface area contributed by atoms with Gasteiger partial charge in [-0.1, -0.05) is 12.1 Å². The zero-order chi connectivity index (χ0) is 15.0. The van der Waals surface area contributed by atoms with Crippen LogP contribution in [0.2, 0.25) is 0 Å². The van der Waals surface area contributed by atoms with Gasteiger partial charge in [0.05, 0.1) is 28.4 Å². The fourth-order valence-corrected chi connectivity index (χ4v) is 2.03. The van der Waals surface area contributed by atoms with E-state index in [1.165, 1.54) is 10.7 Å². The van der Waals surface area contributed by atoms with E-state index in [4.69, 9.17) is 5.26 Å². The molecular weight excluding hydrogens is 279 g/mol. The topological polar surface area (TPSA) is 41.1 Å². The van der Waals surface area contributed by atoms with E-state index >= 15 is 0 Å². The van der Waals surface area contributed by atoms with E-state index in [1.54, 1.807) is 30.3 Å². The quantitative estimate of drug-likeness (QED) is 0.681. The van der Waals surface area contributed by atoms with E-state index in [0.717, 1.165) is 17.7 Å². The van der Waals surface area contributed by atoms with Crippen LogP contribution in [0.3, 0.4) is 0 Å². The summed E-state index contributed by atoms with van der Waals surface area (Å²) < 4.78 is 39.4. The van der Waals surface area contributed by atoms with Gasteiger partial charge in [-0.05, 0) is 30.3 Å². The van der Waals surface area contributed by atoms with Crippen LogP contribution in [0.25, 0.3) is 16.8 Å². The molecule has 0 aliphatic heterocycles. The van der Waals surface area contributed by atoms with Gasteiger partial charge in [0, 0.05) is 11.8 Å². The maximum Gasteiger partial charge on any atom is 0.416 e. The monoisotopic (exact) mass is 287 g/mol. The van der Waals surface area contributed by atoms with Crippen LogP contribution in [0.5, 0.6) is 0 Å². The van der Waals surface area contributed by atoms with E-state index in [9.17, 15) is 13.2 Å². The number of alkyl halides is 3. The number of rotatable bonds is 1. The van der Waals surface area contributed by atoms with Gasteiger partial charge in [0.15, 0.2) is 0 Å². The van der Waals surface area contributed by atoms with E-state index in [1.807, 2.05) is 6.07 Å². The molecule has 0 spiro atoms. The van der Waals surface area contributed by atoms with Crippen LogP contribution in [0.1, 0.15) is 11.1 Å². The van der Waals surface area contributed by atoms with Gasteiger partial charge in [-0.3, -0.25) is 0 Å². The van der Waals surface area contributed by atoms with E-state index < -0.39 is 11.7 Å². The zero-order valence-corrected chi connectivity index (χ0v) is 10.6. The molecule has 0 saturated heterocycles. The van der Waals surface area contributed by atoms with Crippen molar-refractivity contribution >= 4 is 5.52 Å². The molecule has 21 heavy (non-hydrogen) atoms. The summed E-state index contributed by atoms with van der Waals surface area (Å²) in [6.07, 6.45) is -3.09. The zero-order valence-electron chi connectivity index (χ0n) is 10.6. The van der Waals surface area contributed by atoms with Crippen molar-refractivity contribution in [3.05, 3.63) is 59.8 Å². The molecule has 6 heteroatoms. The van der Waals surface area contributed by atoms with Crippen LogP contribution in [0.4, 0.5) is 13.2 Å². The van der Waals surface area contributed by atoms with Crippen LogP contribution in [-0.2, 0) is 6.18 Å². The Balaban J connectivity index is 2.06. The molecule has 2 heterocycles. The molecule has 3 aromatic rings. The molecule has 0 saturated carbocycles. The molecule has 0 bridgehead atoms. The number of halogens is 3. The molecule has 0 aliphatic carbocycles. The highest BCUT2D eigenvalue weighted by Crippen LogP contribution is 2.30. The van der Waals surface area contributed by atoms with Crippen LogP contribution in [0.15, 0.2) is 48.7 Å². The third-order valence-electron chi connectivity index (χ3n) is 3.10. The predicted octanol–water partition coefficient (Wildman–Crippen LogP) is 3.89. The molecule has 1 aromatic carbocycles. The van der Waals surface area contributed by atoms with Crippen molar-refractivity contribution < 1.29 is 13.2 Å². The maximum atomic E-state index is 12.7. The number of nitriles is 1. The number of benzene rings is 1. The summed E-state index contributed by atoms with van der Waals surface area (Å²) >= 11 is 0. The number of nitrogens with zero attached hydrogens (tertiary/aromatic N) is 3. The summed E-state index contributed by atoms with van der Waals surface area (Å²) in [5.41, 5.74) is 1.47. The standard InChI is InChI=1S/C15H8F3N3/c16-15(17,18)12-5-6-21-13(7-12)8-14(20-21)11-3-1-10(9-19)2-4-11/h1-8H. The Hall–Kier alpha value is -2.81. The molecule has 104 valence electrons. The molecule has 0 fully saturated rings. The Morgan fingerprint density at radius 3 is 2.38 bits per heavy atom. The second-order valence-electron chi connectivity index (χ2n) is 4.50. The molecule has 0 radical (unpaired) electrons. The van der Waals surface area contributed by atoms with Crippen LogP contribution in [-0.4, -0.2) is 9.61 Å². The molecule has 3 nitrogen and oxygen atoms in total. The van der Waals surface area contributed by atoms with Gasteiger partial charge in [0.25, 0.3) is 0 Å². The van der Waals surface area contributed by atoms with Crippen LogP contribution >= 0.6 is 0 Å². The highest BCUT2D eigenvalue weighted by molar-refractivity contribution is 5.67. The molecule has 0 unspecified atom stereocenters. The van der Waals surface area contributed by atoms with E-state index in [2.05, 4.69) is 5.10 Å². The Labute approximate surface area is 117 Å². The van der Waals surface area contributed by atoms with E-state index in [0.29, 0.717) is 16.8 Å². The molecular formula is C15H8F3N3. The SMILES string of the molecule is N#Cc1ccc(-c2cc3cc(C(F)(F)F)ccn3n2)cc1. The first-order valence-corrected chi connectivity index (χ1v) is 6.04. The molecule has 0 N–H and O–H groups in total. The van der Waals surface area contributed by atoms with E-state index in [-0.39, 0.29) is 0 Å². The lowest BCUT2D eigenvalue weighted by Crippen LogP contribution is -2.05. The second-order valence-corrected chi connectivity index (χ2v) is 4.50. The Kier molecular flexibility index (Phi) is 2.91. The van der Waals surface area contributed by atoms with Gasteiger partial charge in [0.1, 0.15) is 0 Å². The lowest BCUT2D eigenvalue weighted by molar-refractivity contribution is -0.137. The highest BCUT2D eigenvalue weighted by atomic mass is 19.4. The van der Waals surface area contributed by atoms with Crippen molar-refractivity contribution in [1.29, 1.82) is 5.26 Å². The summed E-state index contributed by atoms with van der Waals surface area (Å²) in [6, 6.07) is 12.3. The van der Waals surface area contributed by atoms with Crippen LogP contribution in [0, 0.1) is 11.3 Å². The fraction of sp³-hybridized carbons (Fsp3) is 0.0667. The van der Waals surface area contributed by atoms with Gasteiger partial charge in [0.2, 0.25) is 0 Å². The van der Waals surface area contributed by atoms with Gasteiger partial charge in [-0.15, -0.1) is 0 Å². The summed E-state index contributed by atoms with van der Waals surface area (Å²) in [6.45, 7) is 0. The largest absolute Gasteiger partial charge is 0.416 e. The Morgan fingerprint density at radius 2 is 1.76 bits per heavy atom. The van der Waals surface area contributed by atoms with Crippen molar-refractivity contribution in [2.45, 2.75) is 6.18 Å².